The maximum Gasteiger partial charge on any atom is 0.338 e. The highest BCUT2D eigenvalue weighted by Gasteiger charge is 2.17. The van der Waals surface area contributed by atoms with Crippen LogP contribution in [0, 0.1) is 0 Å². The van der Waals surface area contributed by atoms with Crippen LogP contribution < -0.4 is 14.8 Å². The minimum Gasteiger partial charge on any atom is -0.493 e. The van der Waals surface area contributed by atoms with E-state index in [-0.39, 0.29) is 23.1 Å². The number of methoxy groups -OCH3 is 2. The van der Waals surface area contributed by atoms with Crippen LogP contribution in [0.5, 0.6) is 11.5 Å². The van der Waals surface area contributed by atoms with Gasteiger partial charge in [0.2, 0.25) is 0 Å². The fourth-order valence-electron chi connectivity index (χ4n) is 2.08. The molecule has 1 amide bonds. The van der Waals surface area contributed by atoms with Crippen molar-refractivity contribution in [2.75, 3.05) is 27.4 Å². The van der Waals surface area contributed by atoms with Gasteiger partial charge >= 0.3 is 5.97 Å². The van der Waals surface area contributed by atoms with Gasteiger partial charge in [-0.05, 0) is 30.0 Å². The van der Waals surface area contributed by atoms with Crippen LogP contribution in [0.3, 0.4) is 0 Å². The molecule has 1 N–H and O–H groups in total. The van der Waals surface area contributed by atoms with Crippen LogP contribution in [0.15, 0.2) is 29.6 Å². The summed E-state index contributed by atoms with van der Waals surface area (Å²) in [5, 5.41) is 4.90. The number of hydrogen-bond acceptors (Lipinski definition) is 6. The molecule has 0 aliphatic rings. The summed E-state index contributed by atoms with van der Waals surface area (Å²) in [6.45, 7) is 0.119. The van der Waals surface area contributed by atoms with E-state index in [4.69, 9.17) is 25.8 Å². The Morgan fingerprint density at radius 1 is 1.24 bits per heavy atom. The lowest BCUT2D eigenvalue weighted by molar-refractivity contribution is -0.124. The minimum atomic E-state index is -0.670. The fraction of sp³-hybridized carbons (Fsp3) is 0.294. The topological polar surface area (TPSA) is 73.9 Å². The normalized spacial score (nSPS) is 10.2. The third-order valence-corrected chi connectivity index (χ3v) is 4.49. The number of nitrogens with one attached hydrogen (secondary N) is 1. The third kappa shape index (κ3) is 5.37. The van der Waals surface area contributed by atoms with Crippen molar-refractivity contribution in [1.29, 1.82) is 0 Å². The Morgan fingerprint density at radius 2 is 2.04 bits per heavy atom. The molecule has 0 saturated carbocycles. The molecule has 0 atom stereocenters. The number of carbonyl (C=O) groups excluding carboxylic acids is 2. The molecule has 0 radical (unpaired) electrons. The lowest BCUT2D eigenvalue weighted by atomic mass is 10.2. The van der Waals surface area contributed by atoms with Gasteiger partial charge in [0.15, 0.2) is 18.1 Å². The summed E-state index contributed by atoms with van der Waals surface area (Å²) in [5.74, 6) is -0.401. The Bertz CT molecular complexity index is 733. The van der Waals surface area contributed by atoms with Crippen LogP contribution in [0.2, 0.25) is 5.02 Å². The lowest BCUT2D eigenvalue weighted by Crippen LogP contribution is -2.30. The zero-order chi connectivity index (χ0) is 18.2. The van der Waals surface area contributed by atoms with Crippen molar-refractivity contribution < 1.29 is 23.8 Å². The Labute approximate surface area is 154 Å². The molecule has 0 aliphatic heterocycles. The summed E-state index contributed by atoms with van der Waals surface area (Å²) in [5.41, 5.74) is 0.175. The molecule has 1 heterocycles. The van der Waals surface area contributed by atoms with Gasteiger partial charge in [-0.3, -0.25) is 4.79 Å². The third-order valence-electron chi connectivity index (χ3n) is 3.28. The number of hydrogen-bond donors (Lipinski definition) is 1. The first kappa shape index (κ1) is 19.1. The molecule has 1 aromatic carbocycles. The Kier molecular flexibility index (Phi) is 7.09. The summed E-state index contributed by atoms with van der Waals surface area (Å²) < 4.78 is 15.2. The van der Waals surface area contributed by atoms with Crippen molar-refractivity contribution in [3.8, 4) is 11.5 Å². The summed E-state index contributed by atoms with van der Waals surface area (Å²) >= 11 is 7.67. The summed E-state index contributed by atoms with van der Waals surface area (Å²) in [4.78, 5) is 25.0. The number of thiophene rings is 1. The van der Waals surface area contributed by atoms with Gasteiger partial charge in [0, 0.05) is 11.4 Å². The molecule has 0 aliphatic carbocycles. The summed E-state index contributed by atoms with van der Waals surface area (Å²) in [6, 6.07) is 6.80. The Balaban J connectivity index is 1.85. The average molecular weight is 384 g/mol. The van der Waals surface area contributed by atoms with Crippen LogP contribution in [0.4, 0.5) is 0 Å². The van der Waals surface area contributed by atoms with Crippen LogP contribution in [-0.2, 0) is 16.0 Å². The second-order valence-corrected chi connectivity index (χ2v) is 6.39. The fourth-order valence-corrected chi connectivity index (χ4v) is 3.08. The van der Waals surface area contributed by atoms with Gasteiger partial charge in [0.1, 0.15) is 0 Å². The monoisotopic (exact) mass is 383 g/mol. The predicted octanol–water partition coefficient (Wildman–Crippen LogP) is 2.93. The van der Waals surface area contributed by atoms with Crippen molar-refractivity contribution >= 4 is 34.8 Å². The number of ether oxygens (including phenoxy) is 3. The number of carbonyl (C=O) groups is 2. The summed E-state index contributed by atoms with van der Waals surface area (Å²) in [7, 11) is 2.88. The highest BCUT2D eigenvalue weighted by atomic mass is 35.5. The minimum absolute atomic E-state index is 0.175. The van der Waals surface area contributed by atoms with E-state index in [1.165, 1.54) is 31.2 Å². The van der Waals surface area contributed by atoms with E-state index < -0.39 is 5.97 Å². The second-order valence-electron chi connectivity index (χ2n) is 4.95. The number of rotatable bonds is 8. The highest BCUT2D eigenvalue weighted by Crippen LogP contribution is 2.36. The van der Waals surface area contributed by atoms with E-state index in [0.717, 1.165) is 6.42 Å². The molecule has 0 unspecified atom stereocenters. The molecule has 134 valence electrons. The summed E-state index contributed by atoms with van der Waals surface area (Å²) in [6.07, 6.45) is 0.739. The molecule has 2 rings (SSSR count). The first-order valence-electron chi connectivity index (χ1n) is 7.43. The van der Waals surface area contributed by atoms with Crippen LogP contribution in [0.1, 0.15) is 15.2 Å². The SMILES string of the molecule is COc1cc(C(=O)OCC(=O)NCCc2cccs2)cc(Cl)c1OC. The van der Waals surface area contributed by atoms with Gasteiger partial charge in [-0.1, -0.05) is 17.7 Å². The molecule has 6 nitrogen and oxygen atoms in total. The molecule has 0 bridgehead atoms. The molecule has 25 heavy (non-hydrogen) atoms. The van der Waals surface area contributed by atoms with E-state index in [2.05, 4.69) is 5.32 Å². The molecule has 0 saturated heterocycles. The quantitative estimate of drug-likeness (QED) is 0.709. The molecule has 0 fully saturated rings. The zero-order valence-corrected chi connectivity index (χ0v) is 15.4. The van der Waals surface area contributed by atoms with Crippen molar-refractivity contribution in [2.24, 2.45) is 0 Å². The zero-order valence-electron chi connectivity index (χ0n) is 13.8. The van der Waals surface area contributed by atoms with Gasteiger partial charge in [-0.15, -0.1) is 11.3 Å². The van der Waals surface area contributed by atoms with E-state index in [1.807, 2.05) is 17.5 Å². The van der Waals surface area contributed by atoms with Gasteiger partial charge in [-0.2, -0.15) is 0 Å². The van der Waals surface area contributed by atoms with Gasteiger partial charge in [0.25, 0.3) is 5.91 Å². The molecular weight excluding hydrogens is 366 g/mol. The van der Waals surface area contributed by atoms with E-state index in [0.29, 0.717) is 18.0 Å². The number of amides is 1. The van der Waals surface area contributed by atoms with Gasteiger partial charge in [-0.25, -0.2) is 4.79 Å². The highest BCUT2D eigenvalue weighted by molar-refractivity contribution is 7.09. The van der Waals surface area contributed by atoms with Crippen LogP contribution in [-0.4, -0.2) is 39.2 Å². The maximum atomic E-state index is 12.1. The van der Waals surface area contributed by atoms with Crippen molar-refractivity contribution in [1.82, 2.24) is 5.32 Å². The van der Waals surface area contributed by atoms with Crippen molar-refractivity contribution in [2.45, 2.75) is 6.42 Å². The Hall–Kier alpha value is -2.25. The van der Waals surface area contributed by atoms with E-state index >= 15 is 0 Å². The standard InChI is InChI=1S/C17H18ClNO5S/c1-22-14-9-11(8-13(18)16(14)23-2)17(21)24-10-15(20)19-6-5-12-4-3-7-25-12/h3-4,7-9H,5-6,10H2,1-2H3,(H,19,20). The Morgan fingerprint density at radius 3 is 2.68 bits per heavy atom. The number of halogens is 1. The number of esters is 1. The van der Waals surface area contributed by atoms with E-state index in [1.54, 1.807) is 11.3 Å². The van der Waals surface area contributed by atoms with Crippen molar-refractivity contribution in [3.63, 3.8) is 0 Å². The molecule has 1 aromatic heterocycles. The molecular formula is C17H18ClNO5S. The number of benzene rings is 1. The average Bonchev–Trinajstić information content (AvgIpc) is 3.12. The smallest absolute Gasteiger partial charge is 0.338 e. The largest absolute Gasteiger partial charge is 0.493 e. The maximum absolute atomic E-state index is 12.1. The first-order valence-corrected chi connectivity index (χ1v) is 8.68. The van der Waals surface area contributed by atoms with Crippen LogP contribution >= 0.6 is 22.9 Å². The molecule has 2 aromatic rings. The van der Waals surface area contributed by atoms with Gasteiger partial charge < -0.3 is 19.5 Å². The first-order chi connectivity index (χ1) is 12.0. The van der Waals surface area contributed by atoms with Crippen LogP contribution in [0.25, 0.3) is 0 Å². The van der Waals surface area contributed by atoms with E-state index in [9.17, 15) is 9.59 Å². The van der Waals surface area contributed by atoms with Crippen molar-refractivity contribution in [3.05, 3.63) is 45.1 Å². The second kappa shape index (κ2) is 9.29. The molecule has 0 spiro atoms. The van der Waals surface area contributed by atoms with Gasteiger partial charge in [0.05, 0.1) is 24.8 Å². The lowest BCUT2D eigenvalue weighted by Gasteiger charge is -2.11. The molecule has 8 heteroatoms. The predicted molar refractivity (Wildman–Crippen MR) is 95.9 cm³/mol.